The van der Waals surface area contributed by atoms with Crippen LogP contribution in [-0.4, -0.2) is 23.0 Å². The van der Waals surface area contributed by atoms with Gasteiger partial charge < -0.3 is 16.2 Å². The highest BCUT2D eigenvalue weighted by Gasteiger charge is 2.19. The number of hydrogen-bond acceptors (Lipinski definition) is 3. The SMILES string of the molecule is NC(CC(=O)O)C(=O)Nc1cc(F)c(Br)cc1F. The lowest BCUT2D eigenvalue weighted by molar-refractivity contribution is -0.138. The summed E-state index contributed by atoms with van der Waals surface area (Å²) in [5.41, 5.74) is 4.86. The molecule has 0 fully saturated rings. The Kier molecular flexibility index (Phi) is 4.74. The number of carbonyl (C=O) groups excluding carboxylic acids is 1. The predicted octanol–water partition coefficient (Wildman–Crippen LogP) is 1.47. The van der Waals surface area contributed by atoms with E-state index in [4.69, 9.17) is 10.8 Å². The predicted molar refractivity (Wildman–Crippen MR) is 62.9 cm³/mol. The van der Waals surface area contributed by atoms with Gasteiger partial charge in [0.15, 0.2) is 0 Å². The van der Waals surface area contributed by atoms with Gasteiger partial charge in [-0.3, -0.25) is 9.59 Å². The third kappa shape index (κ3) is 3.74. The fourth-order valence-electron chi connectivity index (χ4n) is 1.12. The molecular formula is C10H9BrF2N2O3. The van der Waals surface area contributed by atoms with Gasteiger partial charge in [0, 0.05) is 6.07 Å². The molecule has 18 heavy (non-hydrogen) atoms. The van der Waals surface area contributed by atoms with Crippen molar-refractivity contribution in [2.24, 2.45) is 5.73 Å². The molecule has 1 rings (SSSR count). The minimum absolute atomic E-state index is 0.0900. The molecule has 5 nitrogen and oxygen atoms in total. The normalized spacial score (nSPS) is 12.0. The van der Waals surface area contributed by atoms with Gasteiger partial charge in [-0.1, -0.05) is 0 Å². The highest BCUT2D eigenvalue weighted by Crippen LogP contribution is 2.23. The van der Waals surface area contributed by atoms with Crippen molar-refractivity contribution in [3.63, 3.8) is 0 Å². The molecule has 0 saturated carbocycles. The van der Waals surface area contributed by atoms with Crippen LogP contribution in [0.5, 0.6) is 0 Å². The second-order valence-corrected chi connectivity index (χ2v) is 4.29. The van der Waals surface area contributed by atoms with E-state index < -0.39 is 41.7 Å². The van der Waals surface area contributed by atoms with E-state index in [1.807, 2.05) is 5.32 Å². The van der Waals surface area contributed by atoms with Crippen molar-refractivity contribution in [2.45, 2.75) is 12.5 Å². The largest absolute Gasteiger partial charge is 0.481 e. The zero-order valence-corrected chi connectivity index (χ0v) is 10.5. The fourth-order valence-corrected chi connectivity index (χ4v) is 1.44. The van der Waals surface area contributed by atoms with Gasteiger partial charge in [-0.2, -0.15) is 0 Å². The number of nitrogens with two attached hydrogens (primary N) is 1. The molecular weight excluding hydrogens is 314 g/mol. The number of anilines is 1. The van der Waals surface area contributed by atoms with Crippen LogP contribution >= 0.6 is 15.9 Å². The van der Waals surface area contributed by atoms with Gasteiger partial charge in [0.2, 0.25) is 5.91 Å². The van der Waals surface area contributed by atoms with Gasteiger partial charge in [-0.15, -0.1) is 0 Å². The zero-order valence-electron chi connectivity index (χ0n) is 8.91. The van der Waals surface area contributed by atoms with E-state index in [2.05, 4.69) is 15.9 Å². The molecule has 1 atom stereocenters. The lowest BCUT2D eigenvalue weighted by atomic mass is 10.2. The van der Waals surface area contributed by atoms with E-state index in [1.54, 1.807) is 0 Å². The van der Waals surface area contributed by atoms with Crippen LogP contribution in [0.2, 0.25) is 0 Å². The summed E-state index contributed by atoms with van der Waals surface area (Å²) >= 11 is 2.78. The van der Waals surface area contributed by atoms with E-state index in [-0.39, 0.29) is 4.47 Å². The summed E-state index contributed by atoms with van der Waals surface area (Å²) in [6, 6.07) is 0.270. The highest BCUT2D eigenvalue weighted by atomic mass is 79.9. The van der Waals surface area contributed by atoms with Crippen molar-refractivity contribution in [3.05, 3.63) is 28.2 Å². The number of rotatable bonds is 4. The van der Waals surface area contributed by atoms with Gasteiger partial charge >= 0.3 is 5.97 Å². The lowest BCUT2D eigenvalue weighted by Crippen LogP contribution is -2.37. The summed E-state index contributed by atoms with van der Waals surface area (Å²) < 4.78 is 26.4. The lowest BCUT2D eigenvalue weighted by Gasteiger charge is -2.11. The van der Waals surface area contributed by atoms with Crippen LogP contribution in [-0.2, 0) is 9.59 Å². The van der Waals surface area contributed by atoms with Gasteiger partial charge in [-0.05, 0) is 22.0 Å². The summed E-state index contributed by atoms with van der Waals surface area (Å²) in [6.45, 7) is 0. The summed E-state index contributed by atoms with van der Waals surface area (Å²) in [7, 11) is 0. The molecule has 1 unspecified atom stereocenters. The molecule has 0 spiro atoms. The second kappa shape index (κ2) is 5.87. The van der Waals surface area contributed by atoms with Crippen LogP contribution < -0.4 is 11.1 Å². The first kappa shape index (κ1) is 14.5. The fraction of sp³-hybridized carbons (Fsp3) is 0.200. The number of halogens is 3. The smallest absolute Gasteiger partial charge is 0.305 e. The Morgan fingerprint density at radius 3 is 2.56 bits per heavy atom. The van der Waals surface area contributed by atoms with Crippen LogP contribution in [0, 0.1) is 11.6 Å². The molecule has 0 heterocycles. The van der Waals surface area contributed by atoms with Crippen molar-refractivity contribution in [3.8, 4) is 0 Å². The van der Waals surface area contributed by atoms with Crippen LogP contribution in [0.15, 0.2) is 16.6 Å². The zero-order chi connectivity index (χ0) is 13.9. The minimum Gasteiger partial charge on any atom is -0.481 e. The molecule has 4 N–H and O–H groups in total. The first-order valence-electron chi connectivity index (χ1n) is 4.74. The maximum Gasteiger partial charge on any atom is 0.305 e. The van der Waals surface area contributed by atoms with Gasteiger partial charge in [-0.25, -0.2) is 8.78 Å². The quantitative estimate of drug-likeness (QED) is 0.732. The summed E-state index contributed by atoms with van der Waals surface area (Å²) in [5.74, 6) is -3.80. The van der Waals surface area contributed by atoms with E-state index in [0.717, 1.165) is 12.1 Å². The Bertz CT molecular complexity index is 496. The monoisotopic (exact) mass is 322 g/mol. The molecule has 8 heteroatoms. The van der Waals surface area contributed by atoms with Crippen molar-refractivity contribution < 1.29 is 23.5 Å². The van der Waals surface area contributed by atoms with Crippen LogP contribution in [0.3, 0.4) is 0 Å². The summed E-state index contributed by atoms with van der Waals surface area (Å²) in [6.07, 6.45) is -0.605. The maximum atomic E-state index is 13.3. The van der Waals surface area contributed by atoms with Crippen LogP contribution in [0.25, 0.3) is 0 Å². The van der Waals surface area contributed by atoms with Crippen molar-refractivity contribution in [1.82, 2.24) is 0 Å². The number of nitrogens with one attached hydrogen (secondary N) is 1. The topological polar surface area (TPSA) is 92.4 Å². The first-order valence-corrected chi connectivity index (χ1v) is 5.53. The van der Waals surface area contributed by atoms with Crippen LogP contribution in [0.4, 0.5) is 14.5 Å². The number of carboxylic acids is 1. The first-order chi connectivity index (χ1) is 8.31. The molecule has 0 bridgehead atoms. The maximum absolute atomic E-state index is 13.3. The summed E-state index contributed by atoms with van der Waals surface area (Å²) in [5, 5.41) is 10.5. The van der Waals surface area contributed by atoms with Gasteiger partial charge in [0.1, 0.15) is 11.6 Å². The number of hydrogen-bond donors (Lipinski definition) is 3. The Labute approximate surface area is 109 Å². The molecule has 98 valence electrons. The van der Waals surface area contributed by atoms with Gasteiger partial charge in [0.25, 0.3) is 0 Å². The molecule has 1 amide bonds. The molecule has 0 aliphatic heterocycles. The Balaban J connectivity index is 2.82. The van der Waals surface area contributed by atoms with Gasteiger partial charge in [0.05, 0.1) is 22.6 Å². The molecule has 0 saturated heterocycles. The molecule has 1 aromatic carbocycles. The number of amides is 1. The number of benzene rings is 1. The summed E-state index contributed by atoms with van der Waals surface area (Å²) in [4.78, 5) is 21.7. The molecule has 0 aliphatic rings. The van der Waals surface area contributed by atoms with Crippen molar-refractivity contribution in [2.75, 3.05) is 5.32 Å². The van der Waals surface area contributed by atoms with E-state index in [1.165, 1.54) is 0 Å². The Morgan fingerprint density at radius 1 is 1.39 bits per heavy atom. The van der Waals surface area contributed by atoms with Crippen molar-refractivity contribution in [1.29, 1.82) is 0 Å². The minimum atomic E-state index is -1.34. The Morgan fingerprint density at radius 2 is 2.00 bits per heavy atom. The number of carbonyl (C=O) groups is 2. The molecule has 0 aromatic heterocycles. The van der Waals surface area contributed by atoms with Crippen LogP contribution in [0.1, 0.15) is 6.42 Å². The second-order valence-electron chi connectivity index (χ2n) is 3.44. The van der Waals surface area contributed by atoms with E-state index in [0.29, 0.717) is 0 Å². The number of carboxylic acid groups (broad SMARTS) is 1. The Hall–Kier alpha value is -1.54. The van der Waals surface area contributed by atoms with Crippen molar-refractivity contribution >= 4 is 33.5 Å². The van der Waals surface area contributed by atoms with E-state index in [9.17, 15) is 18.4 Å². The molecule has 0 aliphatic carbocycles. The average Bonchev–Trinajstić information content (AvgIpc) is 2.24. The average molecular weight is 323 g/mol. The third-order valence-electron chi connectivity index (χ3n) is 2.00. The molecule has 0 radical (unpaired) electrons. The highest BCUT2D eigenvalue weighted by molar-refractivity contribution is 9.10. The van der Waals surface area contributed by atoms with E-state index >= 15 is 0 Å². The number of aliphatic carboxylic acids is 1. The molecule has 1 aromatic rings. The third-order valence-corrected chi connectivity index (χ3v) is 2.61. The standard InChI is InChI=1S/C10H9BrF2N2O3/c11-4-1-6(13)8(2-5(4)12)15-10(18)7(14)3-9(16)17/h1-2,7H,3,14H2,(H,15,18)(H,16,17).